The number of nitrogens with one attached hydrogen (secondary N) is 1. The van der Waals surface area contributed by atoms with Gasteiger partial charge in [-0.05, 0) is 31.5 Å². The molecule has 1 unspecified atom stereocenters. The molecule has 0 aliphatic rings. The van der Waals surface area contributed by atoms with E-state index in [0.29, 0.717) is 33.1 Å². The molecular weight excluding hydrogens is 397 g/mol. The summed E-state index contributed by atoms with van der Waals surface area (Å²) in [6.07, 6.45) is 3.17. The Labute approximate surface area is 165 Å². The van der Waals surface area contributed by atoms with Crippen LogP contribution < -0.4 is 5.32 Å². The van der Waals surface area contributed by atoms with Crippen molar-refractivity contribution in [3.63, 3.8) is 0 Å². The van der Waals surface area contributed by atoms with Gasteiger partial charge in [0.1, 0.15) is 11.1 Å². The quantitative estimate of drug-likeness (QED) is 0.666. The van der Waals surface area contributed by atoms with Crippen molar-refractivity contribution in [2.45, 2.75) is 26.4 Å². The van der Waals surface area contributed by atoms with Gasteiger partial charge in [0.2, 0.25) is 5.91 Å². The van der Waals surface area contributed by atoms with E-state index in [1.165, 1.54) is 6.20 Å². The van der Waals surface area contributed by atoms with Crippen LogP contribution in [0.2, 0.25) is 15.1 Å². The van der Waals surface area contributed by atoms with Crippen LogP contribution >= 0.6 is 34.8 Å². The average molecular weight is 413 g/mol. The highest BCUT2D eigenvalue weighted by Gasteiger charge is 2.21. The van der Waals surface area contributed by atoms with Crippen molar-refractivity contribution in [2.24, 2.45) is 0 Å². The molecule has 0 fully saturated rings. The average Bonchev–Trinajstić information content (AvgIpc) is 3.12. The van der Waals surface area contributed by atoms with Gasteiger partial charge in [-0.25, -0.2) is 0 Å². The summed E-state index contributed by atoms with van der Waals surface area (Å²) in [5, 5.41) is 12.7. The number of aromatic nitrogens is 4. The second-order valence-corrected chi connectivity index (χ2v) is 7.09. The first kappa shape index (κ1) is 18.8. The molecule has 2 aromatic heterocycles. The molecule has 3 aromatic rings. The summed E-state index contributed by atoms with van der Waals surface area (Å²) in [5.41, 5.74) is 1.73. The van der Waals surface area contributed by atoms with E-state index in [4.69, 9.17) is 34.8 Å². The van der Waals surface area contributed by atoms with Gasteiger partial charge in [-0.3, -0.25) is 14.2 Å². The minimum atomic E-state index is -0.556. The molecule has 0 bridgehead atoms. The monoisotopic (exact) mass is 411 g/mol. The van der Waals surface area contributed by atoms with E-state index in [1.807, 2.05) is 24.3 Å². The molecule has 26 heavy (non-hydrogen) atoms. The highest BCUT2D eigenvalue weighted by molar-refractivity contribution is 6.33. The van der Waals surface area contributed by atoms with E-state index in [1.54, 1.807) is 29.4 Å². The fraction of sp³-hybridized carbons (Fsp3) is 0.235. The van der Waals surface area contributed by atoms with Crippen LogP contribution in [0.4, 0.5) is 5.82 Å². The Kier molecular flexibility index (Phi) is 5.55. The van der Waals surface area contributed by atoms with Crippen LogP contribution in [0.1, 0.15) is 24.2 Å². The van der Waals surface area contributed by atoms with Gasteiger partial charge in [0.25, 0.3) is 0 Å². The summed E-state index contributed by atoms with van der Waals surface area (Å²) in [4.78, 5) is 12.5. The summed E-state index contributed by atoms with van der Waals surface area (Å²) in [6.45, 7) is 4.04. The Hall–Kier alpha value is -2.02. The number of rotatable bonds is 5. The van der Waals surface area contributed by atoms with Crippen LogP contribution in [0.15, 0.2) is 36.7 Å². The fourth-order valence-electron chi connectivity index (χ4n) is 2.46. The lowest BCUT2D eigenvalue weighted by molar-refractivity contribution is -0.119. The number of carbonyl (C=O) groups is 1. The molecule has 1 amide bonds. The van der Waals surface area contributed by atoms with Crippen molar-refractivity contribution >= 4 is 46.5 Å². The zero-order chi connectivity index (χ0) is 18.8. The normalized spacial score (nSPS) is 12.2. The minimum absolute atomic E-state index is 0.286. The van der Waals surface area contributed by atoms with Crippen LogP contribution in [0.25, 0.3) is 0 Å². The Bertz CT molecular complexity index is 933. The van der Waals surface area contributed by atoms with E-state index < -0.39 is 6.04 Å². The van der Waals surface area contributed by atoms with Gasteiger partial charge in [-0.15, -0.1) is 0 Å². The lowest BCUT2D eigenvalue weighted by Crippen LogP contribution is -2.25. The topological polar surface area (TPSA) is 64.7 Å². The molecule has 0 radical (unpaired) electrons. The summed E-state index contributed by atoms with van der Waals surface area (Å²) >= 11 is 18.1. The van der Waals surface area contributed by atoms with E-state index in [9.17, 15) is 4.79 Å². The Morgan fingerprint density at radius 2 is 1.88 bits per heavy atom. The number of benzene rings is 1. The predicted molar refractivity (Wildman–Crippen MR) is 103 cm³/mol. The first-order chi connectivity index (χ1) is 12.3. The van der Waals surface area contributed by atoms with Crippen molar-refractivity contribution in [1.29, 1.82) is 0 Å². The van der Waals surface area contributed by atoms with Gasteiger partial charge in [0.15, 0.2) is 5.82 Å². The van der Waals surface area contributed by atoms with E-state index in [0.717, 1.165) is 5.56 Å². The zero-order valence-electron chi connectivity index (χ0n) is 14.1. The van der Waals surface area contributed by atoms with Crippen LogP contribution in [0, 0.1) is 6.92 Å². The Morgan fingerprint density at radius 3 is 2.50 bits per heavy atom. The number of hydrogen-bond donors (Lipinski definition) is 1. The smallest absolute Gasteiger partial charge is 0.250 e. The van der Waals surface area contributed by atoms with Crippen LogP contribution in [-0.2, 0) is 11.3 Å². The largest absolute Gasteiger partial charge is 0.306 e. The van der Waals surface area contributed by atoms with Crippen molar-refractivity contribution in [1.82, 2.24) is 19.6 Å². The highest BCUT2D eigenvalue weighted by atomic mass is 35.5. The summed E-state index contributed by atoms with van der Waals surface area (Å²) in [5.74, 6) is 0.0138. The molecule has 1 aromatic carbocycles. The zero-order valence-corrected chi connectivity index (χ0v) is 16.3. The third kappa shape index (κ3) is 4.03. The first-order valence-electron chi connectivity index (χ1n) is 7.83. The Morgan fingerprint density at radius 1 is 1.19 bits per heavy atom. The third-order valence-corrected chi connectivity index (χ3v) is 4.85. The van der Waals surface area contributed by atoms with E-state index >= 15 is 0 Å². The number of nitrogens with zero attached hydrogens (tertiary/aromatic N) is 4. The fourth-order valence-corrected chi connectivity index (χ4v) is 2.92. The number of carbonyl (C=O) groups excluding carboxylic acids is 1. The number of halogens is 3. The Balaban J connectivity index is 1.71. The van der Waals surface area contributed by atoms with E-state index in [-0.39, 0.29) is 5.91 Å². The molecule has 0 aliphatic carbocycles. The second kappa shape index (κ2) is 7.70. The molecule has 1 atom stereocenters. The second-order valence-electron chi connectivity index (χ2n) is 5.84. The highest BCUT2D eigenvalue weighted by Crippen LogP contribution is 2.23. The maximum atomic E-state index is 12.5. The van der Waals surface area contributed by atoms with Gasteiger partial charge in [0.05, 0.1) is 23.5 Å². The molecule has 136 valence electrons. The molecule has 0 spiro atoms. The number of anilines is 1. The molecule has 0 saturated carbocycles. The van der Waals surface area contributed by atoms with E-state index in [2.05, 4.69) is 15.5 Å². The molecule has 3 rings (SSSR count). The van der Waals surface area contributed by atoms with Gasteiger partial charge in [-0.1, -0.05) is 46.9 Å². The lowest BCUT2D eigenvalue weighted by atomic mass is 10.2. The van der Waals surface area contributed by atoms with Gasteiger partial charge in [-0.2, -0.15) is 10.2 Å². The summed E-state index contributed by atoms with van der Waals surface area (Å²) in [6, 6.07) is 6.87. The van der Waals surface area contributed by atoms with Crippen molar-refractivity contribution < 1.29 is 4.79 Å². The van der Waals surface area contributed by atoms with Crippen molar-refractivity contribution in [2.75, 3.05) is 5.32 Å². The predicted octanol–water partition coefficient (Wildman–Crippen LogP) is 4.60. The minimum Gasteiger partial charge on any atom is -0.306 e. The summed E-state index contributed by atoms with van der Waals surface area (Å²) < 4.78 is 3.21. The van der Waals surface area contributed by atoms with Gasteiger partial charge in [0, 0.05) is 11.2 Å². The number of amides is 1. The van der Waals surface area contributed by atoms with Crippen LogP contribution in [0.3, 0.4) is 0 Å². The standard InChI is InChI=1S/C17H16Cl3N5O/c1-10-14(19)7-21-25(10)11(2)17(26)22-16-15(20)9-24(23-16)8-12-3-5-13(18)6-4-12/h3-7,9,11H,8H2,1-2H3,(H,22,23,26). The van der Waals surface area contributed by atoms with Crippen LogP contribution in [0.5, 0.6) is 0 Å². The van der Waals surface area contributed by atoms with Crippen LogP contribution in [-0.4, -0.2) is 25.5 Å². The molecular formula is C17H16Cl3N5O. The molecule has 0 saturated heterocycles. The summed E-state index contributed by atoms with van der Waals surface area (Å²) in [7, 11) is 0. The molecule has 9 heteroatoms. The number of hydrogen-bond acceptors (Lipinski definition) is 3. The van der Waals surface area contributed by atoms with Crippen molar-refractivity contribution in [3.8, 4) is 0 Å². The maximum Gasteiger partial charge on any atom is 0.250 e. The SMILES string of the molecule is Cc1c(Cl)cnn1C(C)C(=O)Nc1nn(Cc2ccc(Cl)cc2)cc1Cl. The molecule has 0 aliphatic heterocycles. The van der Waals surface area contributed by atoms with Gasteiger partial charge >= 0.3 is 0 Å². The lowest BCUT2D eigenvalue weighted by Gasteiger charge is -2.13. The molecule has 2 heterocycles. The molecule has 1 N–H and O–H groups in total. The molecule has 6 nitrogen and oxygen atoms in total. The van der Waals surface area contributed by atoms with Gasteiger partial charge < -0.3 is 5.32 Å². The third-order valence-electron chi connectivity index (χ3n) is 3.95. The maximum absolute atomic E-state index is 12.5. The first-order valence-corrected chi connectivity index (χ1v) is 8.96. The van der Waals surface area contributed by atoms with Crippen molar-refractivity contribution in [3.05, 3.63) is 63.0 Å².